The molecule has 1 aliphatic rings. The second kappa shape index (κ2) is 4.77. The molecular weight excluding hydrogens is 282 g/mol. The van der Waals surface area contributed by atoms with Gasteiger partial charge in [-0.1, -0.05) is 6.07 Å². The second-order valence-electron chi connectivity index (χ2n) is 4.34. The first-order valence-corrected chi connectivity index (χ1v) is 5.62. The predicted molar refractivity (Wildman–Crippen MR) is 59.8 cm³/mol. The van der Waals surface area contributed by atoms with Crippen LogP contribution in [0.25, 0.3) is 0 Å². The van der Waals surface area contributed by atoms with Gasteiger partial charge in [0.05, 0.1) is 11.6 Å². The highest BCUT2D eigenvalue weighted by Gasteiger charge is 2.45. The van der Waals surface area contributed by atoms with E-state index in [1.54, 1.807) is 0 Å². The molecule has 1 heterocycles. The molecule has 1 aromatic rings. The first-order chi connectivity index (χ1) is 9.21. The minimum Gasteiger partial charge on any atom is -0.481 e. The largest absolute Gasteiger partial charge is 0.481 e. The number of aliphatic carboxylic acids is 1. The zero-order valence-electron chi connectivity index (χ0n) is 9.95. The van der Waals surface area contributed by atoms with Crippen molar-refractivity contribution in [2.75, 3.05) is 11.4 Å². The third-order valence-corrected chi connectivity index (χ3v) is 3.09. The van der Waals surface area contributed by atoms with Gasteiger partial charge in [-0.2, -0.15) is 13.2 Å². The zero-order chi connectivity index (χ0) is 15.1. The van der Waals surface area contributed by atoms with Crippen molar-refractivity contribution in [1.29, 1.82) is 0 Å². The number of amides is 1. The number of carboxylic acid groups (broad SMARTS) is 1. The topological polar surface area (TPSA) is 57.6 Å². The van der Waals surface area contributed by atoms with Crippen molar-refractivity contribution in [2.24, 2.45) is 0 Å². The molecule has 8 heteroatoms. The lowest BCUT2D eigenvalue weighted by molar-refractivity contribution is -0.170. The van der Waals surface area contributed by atoms with Gasteiger partial charge in [-0.05, 0) is 24.1 Å². The van der Waals surface area contributed by atoms with Crippen LogP contribution in [0.4, 0.5) is 23.2 Å². The Hall–Kier alpha value is -2.12. The van der Waals surface area contributed by atoms with Crippen molar-refractivity contribution in [3.63, 3.8) is 0 Å². The van der Waals surface area contributed by atoms with Gasteiger partial charge in [0.2, 0.25) is 0 Å². The highest BCUT2D eigenvalue weighted by molar-refractivity contribution is 5.99. The first-order valence-electron chi connectivity index (χ1n) is 5.62. The number of halogens is 4. The fraction of sp³-hybridized carbons (Fsp3) is 0.333. The number of benzene rings is 1. The summed E-state index contributed by atoms with van der Waals surface area (Å²) in [6.07, 6.45) is -5.25. The van der Waals surface area contributed by atoms with Crippen molar-refractivity contribution in [1.82, 2.24) is 0 Å². The smallest absolute Gasteiger partial charge is 0.471 e. The van der Waals surface area contributed by atoms with Crippen LogP contribution >= 0.6 is 0 Å². The quantitative estimate of drug-likeness (QED) is 0.808. The molecule has 0 saturated heterocycles. The number of carbonyl (C=O) groups is 2. The number of alkyl halides is 3. The summed E-state index contributed by atoms with van der Waals surface area (Å²) >= 11 is 0. The number of nitrogens with zero attached hydrogens (tertiary/aromatic N) is 1. The molecule has 0 aliphatic carbocycles. The van der Waals surface area contributed by atoms with Crippen LogP contribution in [0.1, 0.15) is 17.9 Å². The van der Waals surface area contributed by atoms with Gasteiger partial charge in [0.15, 0.2) is 0 Å². The average molecular weight is 291 g/mol. The summed E-state index contributed by atoms with van der Waals surface area (Å²) in [5.74, 6) is -5.25. The molecule has 1 aromatic carbocycles. The summed E-state index contributed by atoms with van der Waals surface area (Å²) in [5, 5.41) is 9.02. The van der Waals surface area contributed by atoms with E-state index in [2.05, 4.69) is 0 Å². The van der Waals surface area contributed by atoms with Gasteiger partial charge >= 0.3 is 18.1 Å². The molecule has 4 nitrogen and oxygen atoms in total. The molecule has 0 aromatic heterocycles. The number of hydrogen-bond acceptors (Lipinski definition) is 2. The van der Waals surface area contributed by atoms with Crippen LogP contribution in [-0.2, 0) is 9.59 Å². The van der Waals surface area contributed by atoms with E-state index in [4.69, 9.17) is 5.11 Å². The SMILES string of the molecule is O=C(O)C1CCN(C(=O)C(F)(F)F)c2cc(F)ccc21. The van der Waals surface area contributed by atoms with Gasteiger partial charge in [0.25, 0.3) is 0 Å². The van der Waals surface area contributed by atoms with E-state index in [9.17, 15) is 27.2 Å². The Morgan fingerprint density at radius 1 is 1.30 bits per heavy atom. The molecule has 2 rings (SSSR count). The molecule has 20 heavy (non-hydrogen) atoms. The zero-order valence-corrected chi connectivity index (χ0v) is 9.95. The van der Waals surface area contributed by atoms with Crippen LogP contribution in [0.15, 0.2) is 18.2 Å². The maximum atomic E-state index is 13.2. The number of anilines is 1. The number of carbonyl (C=O) groups excluding carboxylic acids is 1. The van der Waals surface area contributed by atoms with Crippen molar-refractivity contribution >= 4 is 17.6 Å². The molecule has 1 N–H and O–H groups in total. The number of rotatable bonds is 1. The van der Waals surface area contributed by atoms with Crippen LogP contribution in [0.2, 0.25) is 0 Å². The summed E-state index contributed by atoms with van der Waals surface area (Å²) in [4.78, 5) is 22.7. The van der Waals surface area contributed by atoms with Gasteiger partial charge in [-0.3, -0.25) is 9.59 Å². The van der Waals surface area contributed by atoms with E-state index < -0.39 is 36.3 Å². The molecule has 0 fully saturated rings. The van der Waals surface area contributed by atoms with Gasteiger partial charge in [-0.25, -0.2) is 4.39 Å². The van der Waals surface area contributed by atoms with E-state index in [-0.39, 0.29) is 17.7 Å². The Morgan fingerprint density at radius 3 is 2.50 bits per heavy atom. The minimum atomic E-state index is -5.10. The van der Waals surface area contributed by atoms with Gasteiger partial charge < -0.3 is 10.0 Å². The van der Waals surface area contributed by atoms with E-state index in [0.717, 1.165) is 18.2 Å². The number of carboxylic acids is 1. The van der Waals surface area contributed by atoms with Gasteiger partial charge in [0, 0.05) is 6.54 Å². The third kappa shape index (κ3) is 2.45. The fourth-order valence-electron chi connectivity index (χ4n) is 2.20. The summed E-state index contributed by atoms with van der Waals surface area (Å²) in [5.41, 5.74) is -0.339. The van der Waals surface area contributed by atoms with E-state index in [0.29, 0.717) is 4.90 Å². The Kier molecular flexibility index (Phi) is 3.41. The Balaban J connectivity index is 2.50. The van der Waals surface area contributed by atoms with E-state index in [1.807, 2.05) is 0 Å². The number of hydrogen-bond donors (Lipinski definition) is 1. The summed E-state index contributed by atoms with van der Waals surface area (Å²) < 4.78 is 50.6. The molecule has 1 atom stereocenters. The molecular formula is C12H9F4NO3. The number of fused-ring (bicyclic) bond motifs is 1. The van der Waals surface area contributed by atoms with Crippen LogP contribution in [-0.4, -0.2) is 29.7 Å². The first kappa shape index (κ1) is 14.3. The van der Waals surface area contributed by atoms with Gasteiger partial charge in [-0.15, -0.1) is 0 Å². The molecule has 0 spiro atoms. The summed E-state index contributed by atoms with van der Waals surface area (Å²) in [6, 6.07) is 2.80. The lowest BCUT2D eigenvalue weighted by Crippen LogP contribution is -2.45. The Morgan fingerprint density at radius 2 is 1.95 bits per heavy atom. The second-order valence-corrected chi connectivity index (χ2v) is 4.34. The molecule has 1 amide bonds. The maximum absolute atomic E-state index is 13.2. The normalized spacial score (nSPS) is 18.6. The Bertz CT molecular complexity index is 570. The molecule has 1 aliphatic heterocycles. The highest BCUT2D eigenvalue weighted by atomic mass is 19.4. The van der Waals surface area contributed by atoms with Crippen LogP contribution in [0, 0.1) is 5.82 Å². The van der Waals surface area contributed by atoms with E-state index in [1.165, 1.54) is 0 Å². The molecule has 0 bridgehead atoms. The standard InChI is InChI=1S/C12H9F4NO3/c13-6-1-2-7-8(10(18)19)3-4-17(9(7)5-6)11(20)12(14,15)16/h1-2,5,8H,3-4H2,(H,18,19). The van der Waals surface area contributed by atoms with E-state index >= 15 is 0 Å². The van der Waals surface area contributed by atoms with Crippen molar-refractivity contribution in [3.8, 4) is 0 Å². The molecule has 108 valence electrons. The molecule has 1 unspecified atom stereocenters. The summed E-state index contributed by atoms with van der Waals surface area (Å²) in [7, 11) is 0. The molecule has 0 saturated carbocycles. The lowest BCUT2D eigenvalue weighted by atomic mass is 9.90. The fourth-order valence-corrected chi connectivity index (χ4v) is 2.20. The average Bonchev–Trinajstić information content (AvgIpc) is 2.35. The van der Waals surface area contributed by atoms with Crippen LogP contribution < -0.4 is 4.90 Å². The Labute approximate surface area is 110 Å². The van der Waals surface area contributed by atoms with Crippen LogP contribution in [0.5, 0.6) is 0 Å². The monoisotopic (exact) mass is 291 g/mol. The van der Waals surface area contributed by atoms with Crippen LogP contribution in [0.3, 0.4) is 0 Å². The third-order valence-electron chi connectivity index (χ3n) is 3.09. The van der Waals surface area contributed by atoms with Crippen molar-refractivity contribution in [2.45, 2.75) is 18.5 Å². The lowest BCUT2D eigenvalue weighted by Gasteiger charge is -2.33. The van der Waals surface area contributed by atoms with Gasteiger partial charge in [0.1, 0.15) is 5.82 Å². The van der Waals surface area contributed by atoms with Crippen molar-refractivity contribution in [3.05, 3.63) is 29.6 Å². The molecule has 0 radical (unpaired) electrons. The van der Waals surface area contributed by atoms with Crippen molar-refractivity contribution < 1.29 is 32.3 Å². The maximum Gasteiger partial charge on any atom is 0.471 e. The highest BCUT2D eigenvalue weighted by Crippen LogP contribution is 2.37. The predicted octanol–water partition coefficient (Wildman–Crippen LogP) is 2.29. The summed E-state index contributed by atoms with van der Waals surface area (Å²) in [6.45, 7) is -0.425. The minimum absolute atomic E-state index is 0.00255.